The Balaban J connectivity index is 1.97. The Labute approximate surface area is 162 Å². The molecule has 136 valence electrons. The Morgan fingerprint density at radius 3 is 2.56 bits per heavy atom. The highest BCUT2D eigenvalue weighted by Crippen LogP contribution is 2.40. The standard InChI is InChI=1S/C21H18ClN3O2/c1-12-19-15-5-3-4-6-16(15)20(13-7-9-14(22)10-8-13)24-17(11-18(26)23-2)21(19)27-25-12/h3-10,17H,11H2,1-2H3,(H,23,26). The Morgan fingerprint density at radius 1 is 1.15 bits per heavy atom. The molecule has 1 aliphatic heterocycles. The molecule has 0 saturated heterocycles. The summed E-state index contributed by atoms with van der Waals surface area (Å²) >= 11 is 6.06. The minimum absolute atomic E-state index is 0.106. The largest absolute Gasteiger partial charge is 0.359 e. The van der Waals surface area contributed by atoms with E-state index in [4.69, 9.17) is 21.1 Å². The smallest absolute Gasteiger partial charge is 0.222 e. The van der Waals surface area contributed by atoms with Gasteiger partial charge in [-0.3, -0.25) is 9.79 Å². The second-order valence-electron chi connectivity index (χ2n) is 6.43. The van der Waals surface area contributed by atoms with E-state index in [-0.39, 0.29) is 12.3 Å². The second kappa shape index (κ2) is 7.00. The highest BCUT2D eigenvalue weighted by Gasteiger charge is 2.31. The van der Waals surface area contributed by atoms with Gasteiger partial charge in [0, 0.05) is 23.2 Å². The number of hydrogen-bond donors (Lipinski definition) is 1. The van der Waals surface area contributed by atoms with Gasteiger partial charge in [-0.05, 0) is 24.6 Å². The second-order valence-corrected chi connectivity index (χ2v) is 6.87. The molecule has 3 aromatic rings. The van der Waals surface area contributed by atoms with Crippen LogP contribution in [0.5, 0.6) is 0 Å². The zero-order valence-corrected chi connectivity index (χ0v) is 15.7. The van der Waals surface area contributed by atoms with E-state index in [9.17, 15) is 4.79 Å². The fourth-order valence-electron chi connectivity index (χ4n) is 3.39. The SMILES string of the molecule is CNC(=O)CC1N=C(c2ccc(Cl)cc2)c2ccccc2-c2c(C)noc21. The van der Waals surface area contributed by atoms with E-state index in [0.29, 0.717) is 10.8 Å². The van der Waals surface area contributed by atoms with Crippen molar-refractivity contribution in [1.82, 2.24) is 10.5 Å². The van der Waals surface area contributed by atoms with Gasteiger partial charge in [-0.1, -0.05) is 53.2 Å². The molecule has 27 heavy (non-hydrogen) atoms. The summed E-state index contributed by atoms with van der Waals surface area (Å²) in [5.74, 6) is 0.512. The van der Waals surface area contributed by atoms with E-state index < -0.39 is 6.04 Å². The Bertz CT molecular complexity index is 1040. The maximum absolute atomic E-state index is 12.1. The van der Waals surface area contributed by atoms with Crippen molar-refractivity contribution >= 4 is 23.2 Å². The molecule has 1 aliphatic rings. The lowest BCUT2D eigenvalue weighted by atomic mass is 9.93. The number of benzene rings is 2. The monoisotopic (exact) mass is 379 g/mol. The maximum atomic E-state index is 12.1. The minimum atomic E-state index is -0.459. The lowest BCUT2D eigenvalue weighted by Gasteiger charge is -2.12. The highest BCUT2D eigenvalue weighted by atomic mass is 35.5. The van der Waals surface area contributed by atoms with E-state index in [0.717, 1.165) is 33.7 Å². The number of nitrogens with zero attached hydrogens (tertiary/aromatic N) is 2. The van der Waals surface area contributed by atoms with Crippen molar-refractivity contribution in [3.8, 4) is 11.1 Å². The van der Waals surface area contributed by atoms with Gasteiger partial charge in [0.15, 0.2) is 5.76 Å². The van der Waals surface area contributed by atoms with Crippen molar-refractivity contribution in [3.05, 3.63) is 76.1 Å². The topological polar surface area (TPSA) is 67.5 Å². The van der Waals surface area contributed by atoms with E-state index >= 15 is 0 Å². The summed E-state index contributed by atoms with van der Waals surface area (Å²) in [5, 5.41) is 7.47. The van der Waals surface area contributed by atoms with Crippen LogP contribution >= 0.6 is 11.6 Å². The lowest BCUT2D eigenvalue weighted by molar-refractivity contribution is -0.121. The van der Waals surface area contributed by atoms with Gasteiger partial charge in [0.25, 0.3) is 0 Å². The average molecular weight is 380 g/mol. The number of fused-ring (bicyclic) bond motifs is 3. The fourth-order valence-corrected chi connectivity index (χ4v) is 3.51. The molecule has 0 saturated carbocycles. The van der Waals surface area contributed by atoms with Gasteiger partial charge in [0.2, 0.25) is 5.91 Å². The van der Waals surface area contributed by atoms with Crippen molar-refractivity contribution in [2.75, 3.05) is 7.05 Å². The van der Waals surface area contributed by atoms with Gasteiger partial charge >= 0.3 is 0 Å². The summed E-state index contributed by atoms with van der Waals surface area (Å²) in [6.45, 7) is 1.91. The number of amides is 1. The first-order chi connectivity index (χ1) is 13.1. The van der Waals surface area contributed by atoms with E-state index in [2.05, 4.69) is 10.5 Å². The third-order valence-electron chi connectivity index (χ3n) is 4.70. The molecule has 0 bridgehead atoms. The number of hydrogen-bond acceptors (Lipinski definition) is 4. The first-order valence-electron chi connectivity index (χ1n) is 8.68. The molecule has 0 radical (unpaired) electrons. The van der Waals surface area contributed by atoms with Crippen molar-refractivity contribution in [1.29, 1.82) is 0 Å². The van der Waals surface area contributed by atoms with E-state index in [1.807, 2.05) is 55.5 Å². The molecule has 2 aromatic carbocycles. The van der Waals surface area contributed by atoms with E-state index in [1.54, 1.807) is 7.05 Å². The number of carbonyl (C=O) groups excluding carboxylic acids is 1. The van der Waals surface area contributed by atoms with Crippen molar-refractivity contribution in [3.63, 3.8) is 0 Å². The van der Waals surface area contributed by atoms with Gasteiger partial charge in [-0.25, -0.2) is 0 Å². The number of aliphatic imine (C=N–C) groups is 1. The Kier molecular flexibility index (Phi) is 4.54. The zero-order valence-electron chi connectivity index (χ0n) is 15.0. The molecular weight excluding hydrogens is 362 g/mol. The first-order valence-corrected chi connectivity index (χ1v) is 9.06. The summed E-state index contributed by atoms with van der Waals surface area (Å²) in [5.41, 5.74) is 5.41. The van der Waals surface area contributed by atoms with Crippen LogP contribution in [0, 0.1) is 6.92 Å². The van der Waals surface area contributed by atoms with Crippen molar-refractivity contribution < 1.29 is 9.32 Å². The number of carbonyl (C=O) groups is 1. The predicted octanol–water partition coefficient (Wildman–Crippen LogP) is 4.33. The van der Waals surface area contributed by atoms with Crippen molar-refractivity contribution in [2.24, 2.45) is 4.99 Å². The number of aryl methyl sites for hydroxylation is 1. The molecule has 1 atom stereocenters. The molecule has 0 spiro atoms. The fraction of sp³-hybridized carbons (Fsp3) is 0.190. The Morgan fingerprint density at radius 2 is 1.85 bits per heavy atom. The first kappa shape index (κ1) is 17.5. The summed E-state index contributed by atoms with van der Waals surface area (Å²) < 4.78 is 5.63. The summed E-state index contributed by atoms with van der Waals surface area (Å²) in [6, 6.07) is 15.1. The van der Waals surface area contributed by atoms with Crippen LogP contribution in [-0.4, -0.2) is 23.8 Å². The Hall–Kier alpha value is -2.92. The summed E-state index contributed by atoms with van der Waals surface area (Å²) in [7, 11) is 1.62. The van der Waals surface area contributed by atoms with Crippen LogP contribution in [0.4, 0.5) is 0 Å². The van der Waals surface area contributed by atoms with E-state index in [1.165, 1.54) is 0 Å². The molecule has 1 unspecified atom stereocenters. The van der Waals surface area contributed by atoms with Crippen molar-refractivity contribution in [2.45, 2.75) is 19.4 Å². The van der Waals surface area contributed by atoms with Gasteiger partial charge < -0.3 is 9.84 Å². The zero-order chi connectivity index (χ0) is 19.0. The third-order valence-corrected chi connectivity index (χ3v) is 4.96. The van der Waals surface area contributed by atoms with Gasteiger partial charge in [0.1, 0.15) is 6.04 Å². The molecule has 0 fully saturated rings. The molecule has 1 aromatic heterocycles. The van der Waals surface area contributed by atoms with Crippen LogP contribution in [0.3, 0.4) is 0 Å². The number of nitrogens with one attached hydrogen (secondary N) is 1. The molecule has 0 aliphatic carbocycles. The van der Waals surface area contributed by atoms with Crippen LogP contribution in [0.15, 0.2) is 58.0 Å². The molecule has 2 heterocycles. The molecular formula is C21H18ClN3O2. The number of halogens is 1. The number of aromatic nitrogens is 1. The molecule has 6 heteroatoms. The molecule has 1 amide bonds. The normalized spacial score (nSPS) is 15.4. The lowest BCUT2D eigenvalue weighted by Crippen LogP contribution is -2.20. The van der Waals surface area contributed by atoms with Crippen LogP contribution in [0.2, 0.25) is 5.02 Å². The van der Waals surface area contributed by atoms with Crippen LogP contribution in [0.25, 0.3) is 11.1 Å². The molecule has 4 rings (SSSR count). The summed E-state index contributed by atoms with van der Waals surface area (Å²) in [4.78, 5) is 17.0. The van der Waals surface area contributed by atoms with Crippen LogP contribution < -0.4 is 5.32 Å². The molecule has 5 nitrogen and oxygen atoms in total. The third kappa shape index (κ3) is 3.15. The summed E-state index contributed by atoms with van der Waals surface area (Å²) in [6.07, 6.45) is 0.184. The van der Waals surface area contributed by atoms with Crippen LogP contribution in [0.1, 0.15) is 35.0 Å². The van der Waals surface area contributed by atoms with Crippen LogP contribution in [-0.2, 0) is 4.79 Å². The average Bonchev–Trinajstić information content (AvgIpc) is 3.00. The maximum Gasteiger partial charge on any atom is 0.222 e. The van der Waals surface area contributed by atoms with Gasteiger partial charge in [-0.2, -0.15) is 0 Å². The predicted molar refractivity (Wildman–Crippen MR) is 105 cm³/mol. The molecule has 1 N–H and O–H groups in total. The minimum Gasteiger partial charge on any atom is -0.359 e. The quantitative estimate of drug-likeness (QED) is 0.736. The number of rotatable bonds is 3. The van der Waals surface area contributed by atoms with Gasteiger partial charge in [-0.15, -0.1) is 0 Å². The van der Waals surface area contributed by atoms with Gasteiger partial charge in [0.05, 0.1) is 23.4 Å². The highest BCUT2D eigenvalue weighted by molar-refractivity contribution is 6.30.